The maximum Gasteiger partial charge on any atom is 0.223 e. The topological polar surface area (TPSA) is 106 Å². The van der Waals surface area contributed by atoms with E-state index in [1.54, 1.807) is 0 Å². The molecule has 2 rings (SSSR count). The Morgan fingerprint density at radius 3 is 2.42 bits per heavy atom. The van der Waals surface area contributed by atoms with Gasteiger partial charge in [0, 0.05) is 18.8 Å². The first-order valence-electron chi connectivity index (χ1n) is 6.35. The SMILES string of the molecule is Cc1cc(N2CCCC2)ccc1N=C(N)N=C(N)N. The maximum atomic E-state index is 5.63. The number of aliphatic imine (C=N–C) groups is 2. The first kappa shape index (κ1) is 13.2. The van der Waals surface area contributed by atoms with Crippen molar-refractivity contribution in [1.29, 1.82) is 0 Å². The zero-order valence-corrected chi connectivity index (χ0v) is 11.1. The molecule has 1 aromatic carbocycles. The van der Waals surface area contributed by atoms with Gasteiger partial charge in [-0.2, -0.15) is 4.99 Å². The van der Waals surface area contributed by atoms with Gasteiger partial charge in [0.25, 0.3) is 0 Å². The van der Waals surface area contributed by atoms with Crippen LogP contribution in [-0.2, 0) is 0 Å². The van der Waals surface area contributed by atoms with Gasteiger partial charge in [0.15, 0.2) is 5.96 Å². The number of benzene rings is 1. The van der Waals surface area contributed by atoms with Crippen LogP contribution in [0.2, 0.25) is 0 Å². The van der Waals surface area contributed by atoms with Crippen LogP contribution < -0.4 is 22.1 Å². The molecule has 0 saturated carbocycles. The lowest BCUT2D eigenvalue weighted by Gasteiger charge is -2.18. The van der Waals surface area contributed by atoms with Crippen molar-refractivity contribution in [1.82, 2.24) is 0 Å². The predicted octanol–water partition coefficient (Wildman–Crippen LogP) is 0.815. The molecule has 1 heterocycles. The van der Waals surface area contributed by atoms with Crippen molar-refractivity contribution < 1.29 is 0 Å². The summed E-state index contributed by atoms with van der Waals surface area (Å²) >= 11 is 0. The second-order valence-corrected chi connectivity index (χ2v) is 4.67. The Kier molecular flexibility index (Phi) is 3.89. The molecule has 1 aliphatic heterocycles. The van der Waals surface area contributed by atoms with E-state index in [2.05, 4.69) is 27.0 Å². The van der Waals surface area contributed by atoms with Gasteiger partial charge in [-0.05, 0) is 43.5 Å². The number of rotatable bonds is 2. The van der Waals surface area contributed by atoms with Crippen LogP contribution in [0.15, 0.2) is 28.2 Å². The van der Waals surface area contributed by atoms with Crippen LogP contribution in [0.1, 0.15) is 18.4 Å². The van der Waals surface area contributed by atoms with Crippen LogP contribution in [0.25, 0.3) is 0 Å². The Balaban J connectivity index is 2.22. The Morgan fingerprint density at radius 2 is 1.84 bits per heavy atom. The minimum absolute atomic E-state index is 0.0667. The highest BCUT2D eigenvalue weighted by Gasteiger charge is 2.12. The third kappa shape index (κ3) is 3.37. The lowest BCUT2D eigenvalue weighted by atomic mass is 10.1. The number of guanidine groups is 2. The summed E-state index contributed by atoms with van der Waals surface area (Å²) in [6.07, 6.45) is 2.52. The Hall–Kier alpha value is -2.24. The second-order valence-electron chi connectivity index (χ2n) is 4.67. The van der Waals surface area contributed by atoms with E-state index in [0.717, 1.165) is 24.3 Å². The van der Waals surface area contributed by atoms with Crippen LogP contribution in [0.3, 0.4) is 0 Å². The van der Waals surface area contributed by atoms with Gasteiger partial charge in [-0.15, -0.1) is 0 Å². The normalized spacial score (nSPS) is 15.6. The fourth-order valence-corrected chi connectivity index (χ4v) is 2.22. The van der Waals surface area contributed by atoms with Crippen molar-refractivity contribution in [3.05, 3.63) is 23.8 Å². The number of hydrogen-bond donors (Lipinski definition) is 3. The highest BCUT2D eigenvalue weighted by Crippen LogP contribution is 2.27. The van der Waals surface area contributed by atoms with Crippen molar-refractivity contribution >= 4 is 23.3 Å². The van der Waals surface area contributed by atoms with E-state index in [4.69, 9.17) is 17.2 Å². The van der Waals surface area contributed by atoms with Gasteiger partial charge < -0.3 is 22.1 Å². The zero-order valence-electron chi connectivity index (χ0n) is 11.1. The lowest BCUT2D eigenvalue weighted by molar-refractivity contribution is 0.949. The van der Waals surface area contributed by atoms with Gasteiger partial charge in [0.2, 0.25) is 5.96 Å². The Labute approximate surface area is 113 Å². The monoisotopic (exact) mass is 260 g/mol. The maximum absolute atomic E-state index is 5.63. The van der Waals surface area contributed by atoms with Gasteiger partial charge in [-0.25, -0.2) is 4.99 Å². The highest BCUT2D eigenvalue weighted by atomic mass is 15.1. The molecule has 1 saturated heterocycles. The number of hydrogen-bond acceptors (Lipinski definition) is 2. The molecule has 19 heavy (non-hydrogen) atoms. The molecule has 1 fully saturated rings. The second kappa shape index (κ2) is 5.60. The molecule has 0 unspecified atom stereocenters. The third-order valence-electron chi connectivity index (χ3n) is 3.13. The van der Waals surface area contributed by atoms with E-state index >= 15 is 0 Å². The fraction of sp³-hybridized carbons (Fsp3) is 0.385. The first-order chi connectivity index (χ1) is 9.06. The van der Waals surface area contributed by atoms with Crippen molar-refractivity contribution in [3.8, 4) is 0 Å². The third-order valence-corrected chi connectivity index (χ3v) is 3.13. The molecular formula is C13H20N6. The highest BCUT2D eigenvalue weighted by molar-refractivity contribution is 5.93. The fourth-order valence-electron chi connectivity index (χ4n) is 2.22. The minimum atomic E-state index is -0.0902. The number of anilines is 1. The first-order valence-corrected chi connectivity index (χ1v) is 6.35. The predicted molar refractivity (Wildman–Crippen MR) is 79.7 cm³/mol. The Morgan fingerprint density at radius 1 is 1.16 bits per heavy atom. The molecule has 0 aromatic heterocycles. The number of aryl methyl sites for hydroxylation is 1. The van der Waals surface area contributed by atoms with Crippen LogP contribution in [0, 0.1) is 6.92 Å². The van der Waals surface area contributed by atoms with Gasteiger partial charge >= 0.3 is 0 Å². The summed E-state index contributed by atoms with van der Waals surface area (Å²) in [4.78, 5) is 10.3. The Bertz CT molecular complexity index is 510. The zero-order chi connectivity index (χ0) is 13.8. The summed E-state index contributed by atoms with van der Waals surface area (Å²) in [7, 11) is 0. The molecule has 0 radical (unpaired) electrons. The van der Waals surface area contributed by atoms with Crippen molar-refractivity contribution in [3.63, 3.8) is 0 Å². The van der Waals surface area contributed by atoms with Crippen molar-refractivity contribution in [2.75, 3.05) is 18.0 Å². The van der Waals surface area contributed by atoms with Crippen molar-refractivity contribution in [2.45, 2.75) is 19.8 Å². The van der Waals surface area contributed by atoms with E-state index < -0.39 is 0 Å². The van der Waals surface area contributed by atoms with E-state index in [0.29, 0.717) is 0 Å². The standard InChI is InChI=1S/C13H20N6/c1-9-8-10(19-6-2-3-7-19)4-5-11(9)17-13(16)18-12(14)15/h4-5,8H,2-3,6-7H2,1H3,(H6,14,15,16,17,18). The van der Waals surface area contributed by atoms with Crippen LogP contribution in [0.4, 0.5) is 11.4 Å². The van der Waals surface area contributed by atoms with Crippen LogP contribution >= 0.6 is 0 Å². The molecule has 0 bridgehead atoms. The summed E-state index contributed by atoms with van der Waals surface area (Å²) < 4.78 is 0. The van der Waals surface area contributed by atoms with Gasteiger partial charge in [-0.3, -0.25) is 0 Å². The average Bonchev–Trinajstić information content (AvgIpc) is 2.84. The van der Waals surface area contributed by atoms with E-state index in [1.165, 1.54) is 18.5 Å². The van der Waals surface area contributed by atoms with Crippen LogP contribution in [0.5, 0.6) is 0 Å². The molecule has 102 valence electrons. The summed E-state index contributed by atoms with van der Waals surface area (Å²) in [5.41, 5.74) is 19.2. The molecule has 1 aliphatic rings. The molecule has 6 heteroatoms. The molecule has 0 amide bonds. The molecule has 1 aromatic rings. The van der Waals surface area contributed by atoms with E-state index in [1.807, 2.05) is 13.0 Å². The number of nitrogens with two attached hydrogens (primary N) is 3. The van der Waals surface area contributed by atoms with Gasteiger partial charge in [0.05, 0.1) is 5.69 Å². The molecular weight excluding hydrogens is 240 g/mol. The van der Waals surface area contributed by atoms with Crippen LogP contribution in [-0.4, -0.2) is 25.0 Å². The minimum Gasteiger partial charge on any atom is -0.372 e. The van der Waals surface area contributed by atoms with E-state index in [9.17, 15) is 0 Å². The van der Waals surface area contributed by atoms with Crippen molar-refractivity contribution in [2.24, 2.45) is 27.2 Å². The number of nitrogens with zero attached hydrogens (tertiary/aromatic N) is 3. The summed E-state index contributed by atoms with van der Waals surface area (Å²) in [6, 6.07) is 6.12. The summed E-state index contributed by atoms with van der Waals surface area (Å²) in [5, 5.41) is 0. The molecule has 6 N–H and O–H groups in total. The molecule has 0 spiro atoms. The molecule has 6 nitrogen and oxygen atoms in total. The van der Waals surface area contributed by atoms with Gasteiger partial charge in [-0.1, -0.05) is 0 Å². The molecule has 0 aliphatic carbocycles. The molecule has 0 atom stereocenters. The van der Waals surface area contributed by atoms with Gasteiger partial charge in [0.1, 0.15) is 0 Å². The average molecular weight is 260 g/mol. The summed E-state index contributed by atoms with van der Waals surface area (Å²) in [5.74, 6) is -0.0235. The lowest BCUT2D eigenvalue weighted by Crippen LogP contribution is -2.26. The largest absolute Gasteiger partial charge is 0.372 e. The summed E-state index contributed by atoms with van der Waals surface area (Å²) in [6.45, 7) is 4.25. The quantitative estimate of drug-likeness (QED) is 0.540. The van der Waals surface area contributed by atoms with E-state index in [-0.39, 0.29) is 11.9 Å². The smallest absolute Gasteiger partial charge is 0.223 e.